The fourth-order valence-electron chi connectivity index (χ4n) is 2.63. The summed E-state index contributed by atoms with van der Waals surface area (Å²) in [4.78, 5) is 17.1. The van der Waals surface area contributed by atoms with E-state index < -0.39 is 12.0 Å². The van der Waals surface area contributed by atoms with Crippen molar-refractivity contribution in [2.45, 2.75) is 25.4 Å². The summed E-state index contributed by atoms with van der Waals surface area (Å²) < 4.78 is 18.8. The minimum Gasteiger partial charge on any atom is -0.480 e. The minimum absolute atomic E-state index is 0.337. The van der Waals surface area contributed by atoms with Gasteiger partial charge in [0.25, 0.3) is 0 Å². The van der Waals surface area contributed by atoms with Gasteiger partial charge in [-0.2, -0.15) is 0 Å². The third-order valence-corrected chi connectivity index (χ3v) is 3.65. The van der Waals surface area contributed by atoms with E-state index in [2.05, 4.69) is 4.98 Å². The molecule has 1 aromatic heterocycles. The molecular formula is C15H15FN2O3. The Labute approximate surface area is 121 Å². The summed E-state index contributed by atoms with van der Waals surface area (Å²) in [5.41, 5.74) is 0.616. The Morgan fingerprint density at radius 1 is 1.52 bits per heavy atom. The standard InChI is InChI=1S/C15H15FN2O3/c16-11-4-1-3-10(7-11)13-8-17-14(21-13)9-18-6-2-5-12(18)15(19)20/h1,3-4,7-8,12H,2,5-6,9H2,(H,19,20). The number of carboxylic acid groups (broad SMARTS) is 1. The average Bonchev–Trinajstić information content (AvgIpc) is 3.08. The van der Waals surface area contributed by atoms with Gasteiger partial charge in [0.15, 0.2) is 5.76 Å². The Balaban J connectivity index is 1.75. The fourth-order valence-corrected chi connectivity index (χ4v) is 2.63. The highest BCUT2D eigenvalue weighted by atomic mass is 19.1. The van der Waals surface area contributed by atoms with Crippen molar-refractivity contribution < 1.29 is 18.7 Å². The van der Waals surface area contributed by atoms with Crippen LogP contribution in [0.3, 0.4) is 0 Å². The lowest BCUT2D eigenvalue weighted by Crippen LogP contribution is -2.35. The van der Waals surface area contributed by atoms with E-state index in [0.29, 0.717) is 36.7 Å². The molecule has 2 heterocycles. The SMILES string of the molecule is O=C(O)C1CCCN1Cc1ncc(-c2cccc(F)c2)o1. The number of aliphatic carboxylic acids is 1. The monoisotopic (exact) mass is 290 g/mol. The maximum atomic E-state index is 13.2. The summed E-state index contributed by atoms with van der Waals surface area (Å²) in [5.74, 6) is -0.224. The van der Waals surface area contributed by atoms with Gasteiger partial charge in [0, 0.05) is 5.56 Å². The molecule has 2 aromatic rings. The van der Waals surface area contributed by atoms with Gasteiger partial charge in [-0.05, 0) is 31.5 Å². The lowest BCUT2D eigenvalue weighted by atomic mass is 10.2. The number of oxazole rings is 1. The topological polar surface area (TPSA) is 66.6 Å². The van der Waals surface area contributed by atoms with E-state index in [1.54, 1.807) is 12.1 Å². The molecule has 0 bridgehead atoms. The second kappa shape index (κ2) is 5.65. The van der Waals surface area contributed by atoms with Crippen molar-refractivity contribution in [3.8, 4) is 11.3 Å². The molecule has 110 valence electrons. The third kappa shape index (κ3) is 2.95. The molecular weight excluding hydrogens is 275 g/mol. The van der Waals surface area contributed by atoms with Crippen LogP contribution in [0.25, 0.3) is 11.3 Å². The molecule has 0 radical (unpaired) electrons. The number of aromatic nitrogens is 1. The molecule has 1 aromatic carbocycles. The molecule has 1 N–H and O–H groups in total. The van der Waals surface area contributed by atoms with Gasteiger partial charge in [0.1, 0.15) is 11.9 Å². The van der Waals surface area contributed by atoms with E-state index in [1.807, 2.05) is 4.90 Å². The first kappa shape index (κ1) is 13.8. The molecule has 3 rings (SSSR count). The molecule has 5 nitrogen and oxygen atoms in total. The molecule has 1 fully saturated rings. The Kier molecular flexibility index (Phi) is 3.70. The zero-order valence-electron chi connectivity index (χ0n) is 11.3. The van der Waals surface area contributed by atoms with Crippen molar-refractivity contribution >= 4 is 5.97 Å². The number of halogens is 1. The number of nitrogens with zero attached hydrogens (tertiary/aromatic N) is 2. The van der Waals surface area contributed by atoms with Gasteiger partial charge in [-0.3, -0.25) is 9.69 Å². The van der Waals surface area contributed by atoms with Crippen molar-refractivity contribution in [1.82, 2.24) is 9.88 Å². The molecule has 1 saturated heterocycles. The van der Waals surface area contributed by atoms with Gasteiger partial charge in [0.05, 0.1) is 12.7 Å². The molecule has 1 unspecified atom stereocenters. The Morgan fingerprint density at radius 2 is 2.38 bits per heavy atom. The van der Waals surface area contributed by atoms with Crippen LogP contribution in [0.1, 0.15) is 18.7 Å². The van der Waals surface area contributed by atoms with Gasteiger partial charge in [0.2, 0.25) is 5.89 Å². The van der Waals surface area contributed by atoms with Gasteiger partial charge < -0.3 is 9.52 Å². The van der Waals surface area contributed by atoms with Crippen molar-refractivity contribution in [3.05, 3.63) is 42.2 Å². The molecule has 0 spiro atoms. The number of carbonyl (C=O) groups is 1. The first-order chi connectivity index (χ1) is 10.1. The molecule has 0 aliphatic carbocycles. The summed E-state index contributed by atoms with van der Waals surface area (Å²) >= 11 is 0. The van der Waals surface area contributed by atoms with Gasteiger partial charge in [-0.1, -0.05) is 12.1 Å². The van der Waals surface area contributed by atoms with Crippen LogP contribution in [0, 0.1) is 5.82 Å². The zero-order valence-corrected chi connectivity index (χ0v) is 11.3. The first-order valence-electron chi connectivity index (χ1n) is 6.81. The molecule has 1 atom stereocenters. The predicted molar refractivity (Wildman–Crippen MR) is 73.0 cm³/mol. The highest BCUT2D eigenvalue weighted by Crippen LogP contribution is 2.24. The van der Waals surface area contributed by atoms with E-state index in [1.165, 1.54) is 18.3 Å². The minimum atomic E-state index is -0.815. The molecule has 0 saturated carbocycles. The molecule has 1 aliphatic heterocycles. The Bertz CT molecular complexity index is 656. The van der Waals surface area contributed by atoms with Crippen LogP contribution in [0.4, 0.5) is 4.39 Å². The number of carboxylic acids is 1. The molecule has 1 aliphatic rings. The number of rotatable bonds is 4. The van der Waals surface area contributed by atoms with Crippen LogP contribution >= 0.6 is 0 Å². The van der Waals surface area contributed by atoms with Gasteiger partial charge in [-0.15, -0.1) is 0 Å². The second-order valence-electron chi connectivity index (χ2n) is 5.10. The number of hydrogen-bond donors (Lipinski definition) is 1. The van der Waals surface area contributed by atoms with Crippen molar-refractivity contribution in [1.29, 1.82) is 0 Å². The summed E-state index contributed by atoms with van der Waals surface area (Å²) in [5, 5.41) is 9.14. The summed E-state index contributed by atoms with van der Waals surface area (Å²) in [6.07, 6.45) is 3.04. The average molecular weight is 290 g/mol. The maximum Gasteiger partial charge on any atom is 0.320 e. The van der Waals surface area contributed by atoms with E-state index in [0.717, 1.165) is 6.42 Å². The van der Waals surface area contributed by atoms with E-state index in [4.69, 9.17) is 9.52 Å². The fraction of sp³-hybridized carbons (Fsp3) is 0.333. The number of likely N-dealkylation sites (tertiary alicyclic amines) is 1. The van der Waals surface area contributed by atoms with Crippen molar-refractivity contribution in [3.63, 3.8) is 0 Å². The van der Waals surface area contributed by atoms with Gasteiger partial charge in [-0.25, -0.2) is 9.37 Å². The van der Waals surface area contributed by atoms with E-state index in [9.17, 15) is 9.18 Å². The lowest BCUT2D eigenvalue weighted by Gasteiger charge is -2.18. The van der Waals surface area contributed by atoms with Gasteiger partial charge >= 0.3 is 5.97 Å². The predicted octanol–water partition coefficient (Wildman–Crippen LogP) is 2.53. The molecule has 0 amide bonds. The van der Waals surface area contributed by atoms with E-state index in [-0.39, 0.29) is 5.82 Å². The van der Waals surface area contributed by atoms with Crippen LogP contribution in [-0.4, -0.2) is 33.5 Å². The van der Waals surface area contributed by atoms with Crippen LogP contribution in [0.15, 0.2) is 34.9 Å². The van der Waals surface area contributed by atoms with Crippen LogP contribution in [0.2, 0.25) is 0 Å². The van der Waals surface area contributed by atoms with Crippen molar-refractivity contribution in [2.75, 3.05) is 6.54 Å². The zero-order chi connectivity index (χ0) is 14.8. The number of benzene rings is 1. The Hall–Kier alpha value is -2.21. The van der Waals surface area contributed by atoms with Crippen LogP contribution < -0.4 is 0 Å². The number of hydrogen-bond acceptors (Lipinski definition) is 4. The first-order valence-corrected chi connectivity index (χ1v) is 6.81. The summed E-state index contributed by atoms with van der Waals surface area (Å²) in [7, 11) is 0. The largest absolute Gasteiger partial charge is 0.480 e. The van der Waals surface area contributed by atoms with Crippen LogP contribution in [-0.2, 0) is 11.3 Å². The summed E-state index contributed by atoms with van der Waals surface area (Å²) in [6.45, 7) is 1.07. The highest BCUT2D eigenvalue weighted by Gasteiger charge is 2.31. The highest BCUT2D eigenvalue weighted by molar-refractivity contribution is 5.73. The molecule has 6 heteroatoms. The summed E-state index contributed by atoms with van der Waals surface area (Å²) in [6, 6.07) is 5.61. The molecule has 21 heavy (non-hydrogen) atoms. The normalized spacial score (nSPS) is 19.0. The maximum absolute atomic E-state index is 13.2. The Morgan fingerprint density at radius 3 is 3.14 bits per heavy atom. The van der Waals surface area contributed by atoms with Crippen LogP contribution in [0.5, 0.6) is 0 Å². The smallest absolute Gasteiger partial charge is 0.320 e. The van der Waals surface area contributed by atoms with Crippen molar-refractivity contribution in [2.24, 2.45) is 0 Å². The third-order valence-electron chi connectivity index (χ3n) is 3.65. The van der Waals surface area contributed by atoms with E-state index >= 15 is 0 Å². The lowest BCUT2D eigenvalue weighted by molar-refractivity contribution is -0.142. The quantitative estimate of drug-likeness (QED) is 0.937. The second-order valence-corrected chi connectivity index (χ2v) is 5.10.